The number of phenolic OH excluding ortho intramolecular Hbond substituents is 1. The molecule has 3 aromatic carbocycles. The lowest BCUT2D eigenvalue weighted by molar-refractivity contribution is 0.0282. The van der Waals surface area contributed by atoms with Gasteiger partial charge in [0.2, 0.25) is 0 Å². The SMILES string of the molecule is CC(C)(O)COc1ccc2cc(O)ccc2c1Cc1ccc(OCCN2CCCCC2)cc1. The zero-order valence-electron chi connectivity index (χ0n) is 19.7. The fourth-order valence-corrected chi connectivity index (χ4v) is 4.32. The van der Waals surface area contributed by atoms with Gasteiger partial charge in [0.15, 0.2) is 0 Å². The molecule has 1 fully saturated rings. The summed E-state index contributed by atoms with van der Waals surface area (Å²) < 4.78 is 12.0. The Morgan fingerprint density at radius 2 is 1.67 bits per heavy atom. The summed E-state index contributed by atoms with van der Waals surface area (Å²) in [6.45, 7) is 7.72. The van der Waals surface area contributed by atoms with Gasteiger partial charge in [0.1, 0.15) is 30.5 Å². The molecule has 0 saturated carbocycles. The number of hydrogen-bond donors (Lipinski definition) is 2. The van der Waals surface area contributed by atoms with Crippen molar-refractivity contribution in [3.63, 3.8) is 0 Å². The second-order valence-electron chi connectivity index (χ2n) is 9.62. The molecule has 0 aromatic heterocycles. The Hall–Kier alpha value is -2.76. The van der Waals surface area contributed by atoms with Gasteiger partial charge < -0.3 is 19.7 Å². The van der Waals surface area contributed by atoms with Crippen molar-refractivity contribution in [3.8, 4) is 17.2 Å². The van der Waals surface area contributed by atoms with E-state index in [1.54, 1.807) is 26.0 Å². The van der Waals surface area contributed by atoms with Gasteiger partial charge in [-0.3, -0.25) is 4.90 Å². The molecule has 1 aliphatic heterocycles. The van der Waals surface area contributed by atoms with E-state index in [4.69, 9.17) is 9.47 Å². The fourth-order valence-electron chi connectivity index (χ4n) is 4.32. The molecule has 5 heteroatoms. The van der Waals surface area contributed by atoms with Crippen LogP contribution in [0, 0.1) is 0 Å². The number of phenols is 1. The third-order valence-electron chi connectivity index (χ3n) is 6.08. The number of piperidine rings is 1. The first-order valence-electron chi connectivity index (χ1n) is 11.9. The lowest BCUT2D eigenvalue weighted by Crippen LogP contribution is -2.33. The van der Waals surface area contributed by atoms with Crippen molar-refractivity contribution in [1.82, 2.24) is 4.90 Å². The number of aliphatic hydroxyl groups is 1. The van der Waals surface area contributed by atoms with E-state index in [2.05, 4.69) is 17.0 Å². The summed E-state index contributed by atoms with van der Waals surface area (Å²) in [5.41, 5.74) is 1.26. The van der Waals surface area contributed by atoms with Gasteiger partial charge in [0, 0.05) is 18.5 Å². The molecule has 4 rings (SSSR count). The second-order valence-corrected chi connectivity index (χ2v) is 9.62. The molecule has 2 N–H and O–H groups in total. The summed E-state index contributed by atoms with van der Waals surface area (Å²) in [6, 6.07) is 17.5. The van der Waals surface area contributed by atoms with Gasteiger partial charge in [-0.15, -0.1) is 0 Å². The fraction of sp³-hybridized carbons (Fsp3) is 0.429. The highest BCUT2D eigenvalue weighted by Crippen LogP contribution is 2.33. The molecule has 0 aliphatic carbocycles. The van der Waals surface area contributed by atoms with Crippen LogP contribution in [-0.2, 0) is 6.42 Å². The first kappa shape index (κ1) is 23.4. The maximum Gasteiger partial charge on any atom is 0.123 e. The number of aromatic hydroxyl groups is 1. The van der Waals surface area contributed by atoms with E-state index in [0.29, 0.717) is 13.0 Å². The molecular weight excluding hydrogens is 414 g/mol. The average molecular weight is 450 g/mol. The maximum absolute atomic E-state index is 10.1. The summed E-state index contributed by atoms with van der Waals surface area (Å²) in [4.78, 5) is 2.48. The molecule has 5 nitrogen and oxygen atoms in total. The van der Waals surface area contributed by atoms with Crippen molar-refractivity contribution in [1.29, 1.82) is 0 Å². The predicted octanol–water partition coefficient (Wildman–Crippen LogP) is 5.15. The monoisotopic (exact) mass is 449 g/mol. The van der Waals surface area contributed by atoms with Crippen LogP contribution in [0.1, 0.15) is 44.2 Å². The largest absolute Gasteiger partial charge is 0.508 e. The predicted molar refractivity (Wildman–Crippen MR) is 132 cm³/mol. The Kier molecular flexibility index (Phi) is 7.41. The normalized spacial score (nSPS) is 15.0. The third-order valence-corrected chi connectivity index (χ3v) is 6.08. The molecule has 1 aliphatic rings. The molecular formula is C28H35NO4. The van der Waals surface area contributed by atoms with E-state index in [0.717, 1.165) is 39.9 Å². The molecule has 0 unspecified atom stereocenters. The van der Waals surface area contributed by atoms with E-state index in [-0.39, 0.29) is 12.4 Å². The molecule has 0 bridgehead atoms. The molecule has 33 heavy (non-hydrogen) atoms. The van der Waals surface area contributed by atoms with Gasteiger partial charge in [-0.25, -0.2) is 0 Å². The van der Waals surface area contributed by atoms with Crippen LogP contribution in [0.15, 0.2) is 54.6 Å². The van der Waals surface area contributed by atoms with Crippen molar-refractivity contribution in [2.45, 2.75) is 45.1 Å². The zero-order chi connectivity index (χ0) is 23.3. The van der Waals surface area contributed by atoms with Gasteiger partial charge in [-0.05, 0) is 86.4 Å². The Morgan fingerprint density at radius 1 is 0.909 bits per heavy atom. The number of hydrogen-bond acceptors (Lipinski definition) is 5. The highest BCUT2D eigenvalue weighted by molar-refractivity contribution is 5.89. The first-order chi connectivity index (χ1) is 15.9. The summed E-state index contributed by atoms with van der Waals surface area (Å²) >= 11 is 0. The smallest absolute Gasteiger partial charge is 0.123 e. The van der Waals surface area contributed by atoms with Gasteiger partial charge >= 0.3 is 0 Å². The van der Waals surface area contributed by atoms with Crippen LogP contribution in [0.4, 0.5) is 0 Å². The van der Waals surface area contributed by atoms with Crippen LogP contribution in [0.3, 0.4) is 0 Å². The van der Waals surface area contributed by atoms with Crippen LogP contribution in [-0.4, -0.2) is 53.6 Å². The summed E-state index contributed by atoms with van der Waals surface area (Å²) in [7, 11) is 0. The summed E-state index contributed by atoms with van der Waals surface area (Å²) in [5.74, 6) is 1.87. The number of rotatable bonds is 9. The van der Waals surface area contributed by atoms with E-state index >= 15 is 0 Å². The maximum atomic E-state index is 10.1. The first-order valence-corrected chi connectivity index (χ1v) is 11.9. The lowest BCUT2D eigenvalue weighted by atomic mass is 9.97. The standard InChI is InChI=1S/C28H35NO4/c1-28(2,31)20-33-27-13-8-22-19-23(30)9-12-25(22)26(27)18-21-6-10-24(11-7-21)32-17-16-29-14-4-3-5-15-29/h6-13,19,30-31H,3-5,14-18,20H2,1-2H3. The van der Waals surface area contributed by atoms with Crippen LogP contribution >= 0.6 is 0 Å². The highest BCUT2D eigenvalue weighted by Gasteiger charge is 2.17. The zero-order valence-corrected chi connectivity index (χ0v) is 19.7. The molecule has 0 amide bonds. The van der Waals surface area contributed by atoms with Crippen LogP contribution < -0.4 is 9.47 Å². The quantitative estimate of drug-likeness (QED) is 0.473. The van der Waals surface area contributed by atoms with Crippen LogP contribution in [0.5, 0.6) is 17.2 Å². The minimum absolute atomic E-state index is 0.202. The van der Waals surface area contributed by atoms with Gasteiger partial charge in [0.25, 0.3) is 0 Å². The topological polar surface area (TPSA) is 62.2 Å². The highest BCUT2D eigenvalue weighted by atomic mass is 16.5. The Morgan fingerprint density at radius 3 is 2.39 bits per heavy atom. The molecule has 3 aromatic rings. The Bertz CT molecular complexity index is 1050. The van der Waals surface area contributed by atoms with Crippen molar-refractivity contribution in [2.75, 3.05) is 32.8 Å². The van der Waals surface area contributed by atoms with Gasteiger partial charge in [-0.1, -0.05) is 30.7 Å². The number of fused-ring (bicyclic) bond motifs is 1. The van der Waals surface area contributed by atoms with Crippen LogP contribution in [0.2, 0.25) is 0 Å². The lowest BCUT2D eigenvalue weighted by Gasteiger charge is -2.26. The second kappa shape index (κ2) is 10.4. The third kappa shape index (κ3) is 6.62. The molecule has 176 valence electrons. The van der Waals surface area contributed by atoms with Crippen LogP contribution in [0.25, 0.3) is 10.8 Å². The molecule has 0 spiro atoms. The Balaban J connectivity index is 1.47. The van der Waals surface area contributed by atoms with E-state index in [1.165, 1.54) is 32.4 Å². The molecule has 0 radical (unpaired) electrons. The van der Waals surface area contributed by atoms with E-state index < -0.39 is 5.60 Å². The number of likely N-dealkylation sites (tertiary alicyclic amines) is 1. The number of benzene rings is 3. The van der Waals surface area contributed by atoms with Gasteiger partial charge in [-0.2, -0.15) is 0 Å². The van der Waals surface area contributed by atoms with Crippen molar-refractivity contribution < 1.29 is 19.7 Å². The van der Waals surface area contributed by atoms with Crippen molar-refractivity contribution >= 4 is 10.8 Å². The minimum atomic E-state index is -0.922. The van der Waals surface area contributed by atoms with E-state index in [9.17, 15) is 10.2 Å². The minimum Gasteiger partial charge on any atom is -0.508 e. The van der Waals surface area contributed by atoms with Crippen molar-refractivity contribution in [2.24, 2.45) is 0 Å². The summed E-state index contributed by atoms with van der Waals surface area (Å²) in [6.07, 6.45) is 4.62. The average Bonchev–Trinajstić information content (AvgIpc) is 2.79. The van der Waals surface area contributed by atoms with E-state index in [1.807, 2.05) is 30.3 Å². The summed E-state index contributed by atoms with van der Waals surface area (Å²) in [5, 5.41) is 22.0. The molecule has 1 saturated heterocycles. The van der Waals surface area contributed by atoms with Gasteiger partial charge in [0.05, 0.1) is 5.60 Å². The molecule has 0 atom stereocenters. The Labute approximate surface area is 196 Å². The number of nitrogens with zero attached hydrogens (tertiary/aromatic N) is 1. The van der Waals surface area contributed by atoms with Crippen molar-refractivity contribution in [3.05, 3.63) is 65.7 Å². The number of ether oxygens (including phenoxy) is 2. The molecule has 1 heterocycles.